The van der Waals surface area contributed by atoms with E-state index in [1.807, 2.05) is 68.5 Å². The number of aliphatic hydroxyl groups is 1. The first kappa shape index (κ1) is 29.0. The molecule has 11 heteroatoms. The number of fused-ring (bicyclic) bond motifs is 2. The second-order valence-corrected chi connectivity index (χ2v) is 16.5. The quantitative estimate of drug-likeness (QED) is 0.441. The number of rotatable bonds is 6. The minimum absolute atomic E-state index is 0.0220. The van der Waals surface area contributed by atoms with Gasteiger partial charge < -0.3 is 29.8 Å². The van der Waals surface area contributed by atoms with E-state index in [9.17, 15) is 24.3 Å². The van der Waals surface area contributed by atoms with Gasteiger partial charge >= 0.3 is 0 Å². The Bertz CT molecular complexity index is 1380. The van der Waals surface area contributed by atoms with E-state index in [4.69, 9.17) is 4.74 Å². The van der Waals surface area contributed by atoms with Crippen LogP contribution in [0.4, 0.5) is 17.1 Å². The van der Waals surface area contributed by atoms with Gasteiger partial charge in [-0.15, -0.1) is 0 Å². The fraction of sp³-hybridized carbons (Fsp3) is 0.516. The highest BCUT2D eigenvalue weighted by Gasteiger charge is 2.67. The summed E-state index contributed by atoms with van der Waals surface area (Å²) in [5.74, 6) is -0.875. The third-order valence-corrected chi connectivity index (χ3v) is 12.1. The molecule has 0 saturated carbocycles. The Morgan fingerprint density at radius 1 is 1.12 bits per heavy atom. The molecule has 3 fully saturated rings. The predicted molar refractivity (Wildman–Crippen MR) is 161 cm³/mol. The molecule has 3 saturated heterocycles. The van der Waals surface area contributed by atoms with Crippen LogP contribution in [0, 0.1) is 5.92 Å². The Balaban J connectivity index is 1.45. The van der Waals surface area contributed by atoms with Gasteiger partial charge in [-0.05, 0) is 56.3 Å². The van der Waals surface area contributed by atoms with Gasteiger partial charge in [-0.2, -0.15) is 0 Å². The molecule has 1 spiro atoms. The Morgan fingerprint density at radius 2 is 1.88 bits per heavy atom. The lowest BCUT2D eigenvalue weighted by Gasteiger charge is -2.33. The highest BCUT2D eigenvalue weighted by molar-refractivity contribution is 6.71. The summed E-state index contributed by atoms with van der Waals surface area (Å²) < 4.78 is 6.88. The first-order valence-corrected chi connectivity index (χ1v) is 18.0. The van der Waals surface area contributed by atoms with Crippen LogP contribution in [0.15, 0.2) is 48.5 Å². The number of aliphatic hydroxyl groups excluding tert-OH is 1. The van der Waals surface area contributed by atoms with E-state index < -0.39 is 31.5 Å². The number of hydrogen-bond acceptors (Lipinski definition) is 7. The topological polar surface area (TPSA) is 123 Å². The van der Waals surface area contributed by atoms with Crippen molar-refractivity contribution in [1.29, 1.82) is 0 Å². The Hall–Kier alpha value is -3.09. The Morgan fingerprint density at radius 3 is 2.57 bits per heavy atom. The number of para-hydroxylation sites is 1. The third-order valence-electron chi connectivity index (χ3n) is 9.58. The van der Waals surface area contributed by atoms with Crippen molar-refractivity contribution in [2.24, 2.45) is 5.92 Å². The molecule has 0 unspecified atom stereocenters. The van der Waals surface area contributed by atoms with E-state index in [2.05, 4.69) is 5.32 Å². The molecule has 0 radical (unpaired) electrons. The molecule has 3 amide bonds. The van der Waals surface area contributed by atoms with Gasteiger partial charge in [-0.1, -0.05) is 25.1 Å². The maximum Gasteiger partial charge on any atom is 0.268 e. The van der Waals surface area contributed by atoms with Crippen LogP contribution >= 0.6 is 0 Å². The van der Waals surface area contributed by atoms with Gasteiger partial charge in [0.25, 0.3) is 5.91 Å². The summed E-state index contributed by atoms with van der Waals surface area (Å²) in [5.41, 5.74) is 0.864. The molecule has 3 N–H and O–H groups in total. The molecule has 224 valence electrons. The molecule has 6 rings (SSSR count). The van der Waals surface area contributed by atoms with Gasteiger partial charge in [0.1, 0.15) is 0 Å². The lowest BCUT2D eigenvalue weighted by molar-refractivity contribution is -0.149. The largest absolute Gasteiger partial charge is 0.432 e. The number of amides is 3. The van der Waals surface area contributed by atoms with Crippen molar-refractivity contribution in [3.63, 3.8) is 0 Å². The minimum atomic E-state index is -2.97. The average Bonchev–Trinajstić information content (AvgIpc) is 3.63. The van der Waals surface area contributed by atoms with E-state index in [0.717, 1.165) is 12.8 Å². The molecular weight excluding hydrogens is 552 g/mol. The molecule has 0 bridgehead atoms. The molecular formula is C31H40N4O6Si. The monoisotopic (exact) mass is 592 g/mol. The summed E-state index contributed by atoms with van der Waals surface area (Å²) in [6, 6.07) is 14.8. The van der Waals surface area contributed by atoms with E-state index in [1.54, 1.807) is 14.7 Å². The zero-order valence-electron chi connectivity index (χ0n) is 24.5. The lowest BCUT2D eigenvalue weighted by Crippen LogP contribution is -2.48. The zero-order valence-corrected chi connectivity index (χ0v) is 25.5. The van der Waals surface area contributed by atoms with Crippen molar-refractivity contribution >= 4 is 43.1 Å². The van der Waals surface area contributed by atoms with Crippen LogP contribution in [0.2, 0.25) is 18.6 Å². The summed E-state index contributed by atoms with van der Waals surface area (Å²) in [7, 11) is -2.97. The van der Waals surface area contributed by atoms with Gasteiger partial charge in [0, 0.05) is 48.0 Å². The Kier molecular flexibility index (Phi) is 7.51. The van der Waals surface area contributed by atoms with Crippen molar-refractivity contribution < 1.29 is 29.0 Å². The average molecular weight is 593 g/mol. The number of ether oxygens (including phenoxy) is 1. The number of piperazine rings is 1. The van der Waals surface area contributed by atoms with Crippen LogP contribution in [0.1, 0.15) is 31.7 Å². The number of hydrogen-bond donors (Lipinski definition) is 3. The molecule has 5 atom stereocenters. The SMILES string of the molecule is C[C@H]1[C@H]([Si](C)(C)O)[C@@H](CC(=O)N2CCC[C@H]2CO)O[C@]12C(=O)N(c1ccccc1)c1ccc(N3CCNCC3=O)cc12. The molecule has 42 heavy (non-hydrogen) atoms. The van der Waals surface area contributed by atoms with Crippen LogP contribution in [0.3, 0.4) is 0 Å². The summed E-state index contributed by atoms with van der Waals surface area (Å²) in [6.45, 7) is 7.53. The molecule has 4 heterocycles. The summed E-state index contributed by atoms with van der Waals surface area (Å²) in [4.78, 5) is 57.8. The van der Waals surface area contributed by atoms with Crippen LogP contribution < -0.4 is 15.1 Å². The van der Waals surface area contributed by atoms with Crippen molar-refractivity contribution in [3.8, 4) is 0 Å². The van der Waals surface area contributed by atoms with Crippen LogP contribution in [-0.2, 0) is 24.7 Å². The highest BCUT2D eigenvalue weighted by atomic mass is 28.4. The first-order chi connectivity index (χ1) is 20.1. The number of benzene rings is 2. The van der Waals surface area contributed by atoms with Crippen molar-refractivity contribution in [3.05, 3.63) is 54.1 Å². The lowest BCUT2D eigenvalue weighted by atomic mass is 9.82. The van der Waals surface area contributed by atoms with E-state index in [-0.39, 0.29) is 43.3 Å². The van der Waals surface area contributed by atoms with Crippen molar-refractivity contribution in [2.75, 3.05) is 42.6 Å². The molecule has 4 aliphatic heterocycles. The second kappa shape index (κ2) is 10.9. The number of carbonyl (C=O) groups is 3. The Labute approximate surface area is 247 Å². The summed E-state index contributed by atoms with van der Waals surface area (Å²) >= 11 is 0. The molecule has 2 aromatic carbocycles. The van der Waals surface area contributed by atoms with Gasteiger partial charge in [-0.25, -0.2) is 0 Å². The van der Waals surface area contributed by atoms with Gasteiger partial charge in [0.05, 0.1) is 37.4 Å². The van der Waals surface area contributed by atoms with Crippen LogP contribution in [-0.4, -0.2) is 85.8 Å². The molecule has 0 aromatic heterocycles. The van der Waals surface area contributed by atoms with Crippen molar-refractivity contribution in [2.45, 2.75) is 62.6 Å². The standard InChI is InChI=1S/C31H40N4O6Si/c1-20-29(42(2,3)40)26(17-27(37)33-14-7-10-23(33)19-36)41-31(20)24-16-22(34-15-13-32-18-28(34)38)11-12-25(24)35(30(31)39)21-8-5-4-6-9-21/h4-6,8-9,11-12,16,20,23,26,29,32,36,40H,7,10,13-15,17-19H2,1-3H3/t20-,23-,26+,29-,31+/m0/s1. The minimum Gasteiger partial charge on any atom is -0.432 e. The number of anilines is 3. The smallest absolute Gasteiger partial charge is 0.268 e. The second-order valence-electron chi connectivity index (χ2n) is 12.5. The summed E-state index contributed by atoms with van der Waals surface area (Å²) in [5, 5.41) is 12.9. The summed E-state index contributed by atoms with van der Waals surface area (Å²) in [6.07, 6.45) is 0.922. The van der Waals surface area contributed by atoms with E-state index in [1.165, 1.54) is 0 Å². The fourth-order valence-electron chi connectivity index (χ4n) is 7.71. The van der Waals surface area contributed by atoms with Gasteiger partial charge in [0.2, 0.25) is 11.8 Å². The number of carbonyl (C=O) groups excluding carboxylic acids is 3. The molecule has 10 nitrogen and oxygen atoms in total. The zero-order chi connectivity index (χ0) is 29.8. The van der Waals surface area contributed by atoms with Crippen molar-refractivity contribution in [1.82, 2.24) is 10.2 Å². The van der Waals surface area contributed by atoms with Gasteiger partial charge in [-0.3, -0.25) is 19.3 Å². The maximum atomic E-state index is 14.7. The number of likely N-dealkylation sites (tertiary alicyclic amines) is 1. The maximum absolute atomic E-state index is 14.7. The van der Waals surface area contributed by atoms with Gasteiger partial charge in [0.15, 0.2) is 13.9 Å². The van der Waals surface area contributed by atoms with Crippen LogP contribution in [0.5, 0.6) is 0 Å². The fourth-order valence-corrected chi connectivity index (χ4v) is 10.3. The van der Waals surface area contributed by atoms with E-state index >= 15 is 0 Å². The molecule has 4 aliphatic rings. The highest BCUT2D eigenvalue weighted by Crippen LogP contribution is 2.61. The predicted octanol–water partition coefficient (Wildman–Crippen LogP) is 2.47. The third kappa shape index (κ3) is 4.58. The normalized spacial score (nSPS) is 29.6. The number of nitrogens with one attached hydrogen (secondary N) is 1. The van der Waals surface area contributed by atoms with Crippen LogP contribution in [0.25, 0.3) is 0 Å². The molecule has 0 aliphatic carbocycles. The first-order valence-electron chi connectivity index (χ1n) is 14.9. The number of nitrogens with zero attached hydrogens (tertiary/aromatic N) is 3. The molecule has 2 aromatic rings. The van der Waals surface area contributed by atoms with E-state index in [0.29, 0.717) is 42.3 Å².